The lowest BCUT2D eigenvalue weighted by molar-refractivity contribution is -0.354. The summed E-state index contributed by atoms with van der Waals surface area (Å²) in [5.74, 6) is 0. The van der Waals surface area contributed by atoms with Crippen LogP contribution in [0.3, 0.4) is 0 Å². The van der Waals surface area contributed by atoms with Gasteiger partial charge in [0.05, 0.1) is 13.2 Å². The van der Waals surface area contributed by atoms with Gasteiger partial charge in [-0.25, -0.2) is 0 Å². The monoisotopic (exact) mass is 668 g/mol. The van der Waals surface area contributed by atoms with Crippen molar-refractivity contribution in [2.45, 2.75) is 168 Å². The molecule has 10 nitrogen and oxygen atoms in total. The van der Waals surface area contributed by atoms with Gasteiger partial charge in [-0.05, 0) is 52.4 Å². The molecule has 0 radical (unpaired) electrons. The third kappa shape index (κ3) is 12.7. The van der Waals surface area contributed by atoms with Gasteiger partial charge in [0, 0.05) is 41.7 Å². The molecule has 0 aliphatic heterocycles. The number of unbranched alkanes of at least 4 members (excludes halogenated alkanes) is 4. The zero-order valence-corrected chi connectivity index (χ0v) is 32.2. The van der Waals surface area contributed by atoms with Gasteiger partial charge in [0.1, 0.15) is 12.2 Å². The molecule has 0 fully saturated rings. The van der Waals surface area contributed by atoms with Gasteiger partial charge in [-0.2, -0.15) is 0 Å². The molecule has 0 aromatic carbocycles. The van der Waals surface area contributed by atoms with Crippen molar-refractivity contribution in [3.8, 4) is 0 Å². The lowest BCUT2D eigenvalue weighted by atomic mass is 10.3. The van der Waals surface area contributed by atoms with E-state index in [4.69, 9.17) is 46.7 Å². The van der Waals surface area contributed by atoms with E-state index in [1.54, 1.807) is 28.4 Å². The molecule has 0 aromatic rings. The molecule has 0 aromatic heterocycles. The van der Waals surface area contributed by atoms with Crippen LogP contribution in [0.15, 0.2) is 0 Å². The van der Waals surface area contributed by atoms with Gasteiger partial charge in [0.15, 0.2) is 12.6 Å². The summed E-state index contributed by atoms with van der Waals surface area (Å²) in [6.07, 6.45) is 7.46. The summed E-state index contributed by atoms with van der Waals surface area (Å²) >= 11 is 0. The van der Waals surface area contributed by atoms with E-state index in [0.29, 0.717) is 39.3 Å². The van der Waals surface area contributed by atoms with Crippen molar-refractivity contribution in [2.24, 2.45) is 0 Å². The van der Waals surface area contributed by atoms with Crippen LogP contribution in [0.2, 0.25) is 0 Å². The molecule has 0 N–H and O–H groups in total. The topological polar surface area (TPSA) is 92.3 Å². The average molecular weight is 669 g/mol. The lowest BCUT2D eigenvalue weighted by Crippen LogP contribution is -2.84. The molecule has 272 valence electrons. The van der Waals surface area contributed by atoms with Gasteiger partial charge in [0.25, 0.3) is 0 Å². The van der Waals surface area contributed by atoms with Crippen molar-refractivity contribution in [1.29, 1.82) is 0 Å². The predicted octanol–water partition coefficient (Wildman–Crippen LogP) is 7.81. The zero-order valence-electron chi connectivity index (χ0n) is 31.2. The zero-order chi connectivity index (χ0) is 34.2. The van der Waals surface area contributed by atoms with E-state index < -0.39 is 44.2 Å². The van der Waals surface area contributed by atoms with Crippen LogP contribution in [0.1, 0.15) is 132 Å². The predicted molar refractivity (Wildman–Crippen MR) is 181 cm³/mol. The number of hydrogen-bond acceptors (Lipinski definition) is 10. The van der Waals surface area contributed by atoms with Crippen molar-refractivity contribution in [2.75, 3.05) is 54.9 Å². The molecule has 6 atom stereocenters. The molecule has 0 amide bonds. The average Bonchev–Trinajstić information content (AvgIpc) is 3.04. The summed E-state index contributed by atoms with van der Waals surface area (Å²) < 4.78 is 66.5. The Kier molecular flexibility index (Phi) is 25.7. The molecular formula is C34H72O10Si. The Balaban J connectivity index is 7.97. The highest BCUT2D eigenvalue weighted by molar-refractivity contribution is 6.73. The van der Waals surface area contributed by atoms with Crippen LogP contribution in [0.4, 0.5) is 0 Å². The maximum atomic E-state index is 7.06. The SMILES string of the molecule is CCCCOC(C)C(OCCCC)(OC(CCC)OC)[Si](OC)(OC)C(OCCCC)(OC(CCC)OC)C(C)OCCCC. The van der Waals surface area contributed by atoms with E-state index >= 15 is 0 Å². The smallest absolute Gasteiger partial charge is 0.391 e. The second-order valence-corrected chi connectivity index (χ2v) is 15.1. The Labute approximate surface area is 278 Å². The standard InChI is InChI=1S/C34H72O10Si/c1-13-19-25-39-29(7)33(41-27-21-15-3,43-31(35-9)23-17-5)45(37-11,38-12)34(42-28-22-16-4,30(8)40-26-20-14-2)44-32(36-10)24-18-6/h29-32H,13-28H2,1-12H3. The van der Waals surface area contributed by atoms with Crippen molar-refractivity contribution in [1.82, 2.24) is 0 Å². The molecule has 0 bridgehead atoms. The highest BCUT2D eigenvalue weighted by Crippen LogP contribution is 2.47. The fourth-order valence-electron chi connectivity index (χ4n) is 5.35. The minimum Gasteiger partial charge on any atom is -0.391 e. The molecule has 45 heavy (non-hydrogen) atoms. The molecule has 0 spiro atoms. The van der Waals surface area contributed by atoms with Crippen molar-refractivity contribution >= 4 is 8.56 Å². The maximum Gasteiger partial charge on any atom is 0.466 e. The molecule has 0 saturated carbocycles. The van der Waals surface area contributed by atoms with Crippen LogP contribution in [0.25, 0.3) is 0 Å². The van der Waals surface area contributed by atoms with Gasteiger partial charge in [-0.3, -0.25) is 0 Å². The van der Waals surface area contributed by atoms with Crippen LogP contribution < -0.4 is 0 Å². The summed E-state index contributed by atoms with van der Waals surface area (Å²) in [5, 5.41) is 0. The minimum atomic E-state index is -4.16. The largest absolute Gasteiger partial charge is 0.466 e. The Morgan fingerprint density at radius 1 is 0.489 bits per heavy atom. The van der Waals surface area contributed by atoms with Gasteiger partial charge in [0.2, 0.25) is 10.8 Å². The van der Waals surface area contributed by atoms with Crippen molar-refractivity contribution in [3.63, 3.8) is 0 Å². The fraction of sp³-hybridized carbons (Fsp3) is 1.00. The minimum absolute atomic E-state index is 0.376. The third-order valence-corrected chi connectivity index (χ3v) is 12.4. The number of hydrogen-bond donors (Lipinski definition) is 0. The van der Waals surface area contributed by atoms with E-state index in [1.165, 1.54) is 0 Å². The molecule has 0 heterocycles. The first-order valence-corrected chi connectivity index (χ1v) is 19.5. The summed E-state index contributed by atoms with van der Waals surface area (Å²) in [6, 6.07) is 0. The van der Waals surface area contributed by atoms with Crippen LogP contribution in [-0.4, -0.2) is 99.0 Å². The first-order valence-electron chi connectivity index (χ1n) is 17.7. The van der Waals surface area contributed by atoms with E-state index in [9.17, 15) is 0 Å². The quantitative estimate of drug-likeness (QED) is 0.0401. The lowest BCUT2D eigenvalue weighted by Gasteiger charge is -2.56. The van der Waals surface area contributed by atoms with Crippen LogP contribution in [-0.2, 0) is 46.7 Å². The first-order chi connectivity index (χ1) is 21.7. The molecule has 11 heteroatoms. The highest BCUT2D eigenvalue weighted by Gasteiger charge is 2.79. The Hall–Kier alpha value is -0.183. The van der Waals surface area contributed by atoms with Crippen molar-refractivity contribution < 1.29 is 46.7 Å². The van der Waals surface area contributed by atoms with E-state index in [2.05, 4.69) is 41.5 Å². The van der Waals surface area contributed by atoms with E-state index in [-0.39, 0.29) is 0 Å². The van der Waals surface area contributed by atoms with Gasteiger partial charge >= 0.3 is 8.56 Å². The molecule has 6 unspecified atom stereocenters. The van der Waals surface area contributed by atoms with Crippen LogP contribution in [0, 0.1) is 0 Å². The van der Waals surface area contributed by atoms with E-state index in [0.717, 1.165) is 64.2 Å². The highest BCUT2D eigenvalue weighted by atomic mass is 28.4. The Bertz CT molecular complexity index is 633. The summed E-state index contributed by atoms with van der Waals surface area (Å²) in [5.41, 5.74) is -3.21. The molecule has 0 aliphatic carbocycles. The number of rotatable bonds is 32. The van der Waals surface area contributed by atoms with E-state index in [1.807, 2.05) is 13.8 Å². The van der Waals surface area contributed by atoms with Gasteiger partial charge in [-0.1, -0.05) is 80.1 Å². The second-order valence-electron chi connectivity index (χ2n) is 11.6. The number of ether oxygens (including phenoxy) is 8. The molecule has 0 rings (SSSR count). The van der Waals surface area contributed by atoms with Gasteiger partial charge < -0.3 is 46.7 Å². The molecular weight excluding hydrogens is 596 g/mol. The molecule has 0 saturated heterocycles. The first kappa shape index (κ1) is 44.8. The van der Waals surface area contributed by atoms with Crippen molar-refractivity contribution in [3.05, 3.63) is 0 Å². The number of methoxy groups -OCH3 is 2. The summed E-state index contributed by atoms with van der Waals surface area (Å²) in [6.45, 7) is 18.4. The Morgan fingerprint density at radius 3 is 1.09 bits per heavy atom. The maximum absolute atomic E-state index is 7.06. The normalized spacial score (nSPS) is 17.9. The Morgan fingerprint density at radius 2 is 0.822 bits per heavy atom. The van der Waals surface area contributed by atoms with Gasteiger partial charge in [-0.15, -0.1) is 0 Å². The summed E-state index contributed by atoms with van der Waals surface area (Å²) in [7, 11) is 2.37. The van der Waals surface area contributed by atoms with Crippen LogP contribution in [0.5, 0.6) is 0 Å². The summed E-state index contributed by atoms with van der Waals surface area (Å²) in [4.78, 5) is 0. The van der Waals surface area contributed by atoms with Crippen LogP contribution >= 0.6 is 0 Å². The second kappa shape index (κ2) is 25.8. The fourth-order valence-corrected chi connectivity index (χ4v) is 9.53. The third-order valence-electron chi connectivity index (χ3n) is 8.11. The molecule has 0 aliphatic rings.